The molecule has 5 heteroatoms. The summed E-state index contributed by atoms with van der Waals surface area (Å²) in [5.41, 5.74) is 5.33. The summed E-state index contributed by atoms with van der Waals surface area (Å²) in [7, 11) is 0. The van der Waals surface area contributed by atoms with Gasteiger partial charge in [0.25, 0.3) is 0 Å². The second-order valence-corrected chi connectivity index (χ2v) is 9.08. The van der Waals surface area contributed by atoms with Crippen LogP contribution in [-0.2, 0) is 14.3 Å². The lowest BCUT2D eigenvalue weighted by molar-refractivity contribution is -0.224. The maximum absolute atomic E-state index is 12.2. The van der Waals surface area contributed by atoms with E-state index < -0.39 is 5.79 Å². The van der Waals surface area contributed by atoms with Gasteiger partial charge in [-0.3, -0.25) is 4.79 Å². The van der Waals surface area contributed by atoms with Crippen LogP contribution < -0.4 is 0 Å². The van der Waals surface area contributed by atoms with Gasteiger partial charge in [0.1, 0.15) is 6.54 Å². The molecular formula is C25H33NO4. The molecule has 4 atom stereocenters. The van der Waals surface area contributed by atoms with Crippen molar-refractivity contribution in [2.75, 3.05) is 6.54 Å². The number of nitrogens with zero attached hydrogens (tertiary/aromatic N) is 1. The van der Waals surface area contributed by atoms with Crippen LogP contribution in [0.25, 0.3) is 0 Å². The SMILES string of the molecule is CC(C)=CCCC(C)=C[C@@H]1CC(C)=C[C@]2(C=C(CN=O)[C@H]3CC(=O)C(C)=C[C@H]3O2)O1. The third-order valence-electron chi connectivity index (χ3n) is 5.95. The van der Waals surface area contributed by atoms with E-state index in [0.717, 1.165) is 24.8 Å². The van der Waals surface area contributed by atoms with Gasteiger partial charge < -0.3 is 9.47 Å². The van der Waals surface area contributed by atoms with Crippen molar-refractivity contribution in [3.8, 4) is 0 Å². The predicted molar refractivity (Wildman–Crippen MR) is 119 cm³/mol. The Balaban J connectivity index is 1.86. The lowest BCUT2D eigenvalue weighted by atomic mass is 9.78. The molecule has 1 spiro atoms. The molecule has 3 aliphatic rings. The molecule has 162 valence electrons. The zero-order valence-corrected chi connectivity index (χ0v) is 18.7. The summed E-state index contributed by atoms with van der Waals surface area (Å²) in [4.78, 5) is 23.3. The third-order valence-corrected chi connectivity index (χ3v) is 5.95. The molecule has 2 heterocycles. The molecule has 0 aromatic carbocycles. The van der Waals surface area contributed by atoms with E-state index >= 15 is 0 Å². The maximum atomic E-state index is 12.2. The molecule has 2 aliphatic heterocycles. The number of hydrogen-bond donors (Lipinski definition) is 0. The standard InChI is InChI=1S/C25H33NO4/c1-16(2)7-6-8-17(3)9-21-10-18(4)13-25(29-21)14-20(15-26-28)22-12-23(27)19(5)11-24(22)30-25/h7,9,11,13-14,21-22,24H,6,8,10,12,15H2,1-5H3/t21-,22-,24-,25+/m1/s1. The molecule has 1 aliphatic carbocycles. The highest BCUT2D eigenvalue weighted by Gasteiger charge is 2.45. The van der Waals surface area contributed by atoms with Crippen molar-refractivity contribution in [3.63, 3.8) is 0 Å². The van der Waals surface area contributed by atoms with Crippen LogP contribution in [0.5, 0.6) is 0 Å². The number of fused-ring (bicyclic) bond motifs is 1. The van der Waals surface area contributed by atoms with Crippen molar-refractivity contribution in [2.45, 2.75) is 78.3 Å². The number of carbonyl (C=O) groups is 1. The molecule has 0 radical (unpaired) electrons. The number of allylic oxidation sites excluding steroid dienone is 4. The Morgan fingerprint density at radius 2 is 1.97 bits per heavy atom. The fourth-order valence-corrected chi connectivity index (χ4v) is 4.49. The largest absolute Gasteiger partial charge is 0.335 e. The lowest BCUT2D eigenvalue weighted by Crippen LogP contribution is -2.49. The van der Waals surface area contributed by atoms with Gasteiger partial charge in [-0.15, -0.1) is 0 Å². The van der Waals surface area contributed by atoms with Gasteiger partial charge in [0, 0.05) is 12.3 Å². The molecule has 30 heavy (non-hydrogen) atoms. The minimum Gasteiger partial charge on any atom is -0.335 e. The minimum absolute atomic E-state index is 0.0466. The zero-order valence-electron chi connectivity index (χ0n) is 18.7. The van der Waals surface area contributed by atoms with Crippen molar-refractivity contribution in [1.29, 1.82) is 0 Å². The molecule has 0 saturated carbocycles. The van der Waals surface area contributed by atoms with E-state index in [4.69, 9.17) is 9.47 Å². The average molecular weight is 412 g/mol. The number of hydrogen-bond acceptors (Lipinski definition) is 5. The first kappa shape index (κ1) is 22.6. The Morgan fingerprint density at radius 1 is 1.20 bits per heavy atom. The van der Waals surface area contributed by atoms with Crippen LogP contribution in [0.4, 0.5) is 0 Å². The first-order valence-corrected chi connectivity index (χ1v) is 10.8. The number of rotatable bonds is 6. The Bertz CT molecular complexity index is 856. The molecule has 0 saturated heterocycles. The summed E-state index contributed by atoms with van der Waals surface area (Å²) in [5, 5.41) is 3.11. The van der Waals surface area contributed by atoms with Gasteiger partial charge in [-0.1, -0.05) is 34.0 Å². The Labute approximate surface area is 179 Å². The highest BCUT2D eigenvalue weighted by Crippen LogP contribution is 2.42. The van der Waals surface area contributed by atoms with Crippen LogP contribution in [0.2, 0.25) is 0 Å². The molecule has 0 amide bonds. The summed E-state index contributed by atoms with van der Waals surface area (Å²) in [6.07, 6.45) is 12.9. The molecule has 0 aromatic rings. The van der Waals surface area contributed by atoms with E-state index in [9.17, 15) is 9.70 Å². The van der Waals surface area contributed by atoms with E-state index in [1.807, 2.05) is 25.2 Å². The number of nitroso groups, excluding NO2 is 1. The molecule has 0 unspecified atom stereocenters. The van der Waals surface area contributed by atoms with Gasteiger partial charge in [-0.05, 0) is 83.3 Å². The fourth-order valence-electron chi connectivity index (χ4n) is 4.49. The summed E-state index contributed by atoms with van der Waals surface area (Å²) >= 11 is 0. The van der Waals surface area contributed by atoms with E-state index in [1.54, 1.807) is 0 Å². The Hall–Kier alpha value is -2.11. The highest BCUT2D eigenvalue weighted by atomic mass is 16.7. The second-order valence-electron chi connectivity index (χ2n) is 9.08. The third kappa shape index (κ3) is 5.32. The molecule has 0 bridgehead atoms. The highest BCUT2D eigenvalue weighted by molar-refractivity contribution is 5.96. The van der Waals surface area contributed by atoms with Gasteiger partial charge in [0.2, 0.25) is 5.79 Å². The number of ketones is 1. The average Bonchev–Trinajstić information content (AvgIpc) is 2.62. The van der Waals surface area contributed by atoms with Crippen molar-refractivity contribution >= 4 is 5.78 Å². The van der Waals surface area contributed by atoms with Crippen LogP contribution in [0.1, 0.15) is 60.3 Å². The molecular weight excluding hydrogens is 378 g/mol. The predicted octanol–water partition coefficient (Wildman–Crippen LogP) is 5.74. The van der Waals surface area contributed by atoms with Crippen molar-refractivity contribution in [1.82, 2.24) is 0 Å². The van der Waals surface area contributed by atoms with Crippen LogP contribution >= 0.6 is 0 Å². The minimum atomic E-state index is -1.03. The van der Waals surface area contributed by atoms with E-state index in [1.165, 1.54) is 16.7 Å². The Morgan fingerprint density at radius 3 is 2.67 bits per heavy atom. The first-order valence-electron chi connectivity index (χ1n) is 10.8. The van der Waals surface area contributed by atoms with Crippen molar-refractivity contribution in [3.05, 3.63) is 63.2 Å². The number of carbonyl (C=O) groups excluding carboxylic acids is 1. The topological polar surface area (TPSA) is 65.0 Å². The quantitative estimate of drug-likeness (QED) is 0.413. The monoisotopic (exact) mass is 411 g/mol. The molecule has 0 aromatic heterocycles. The summed E-state index contributed by atoms with van der Waals surface area (Å²) in [6.45, 7) is 10.3. The smallest absolute Gasteiger partial charge is 0.209 e. The second kappa shape index (κ2) is 9.36. The first-order chi connectivity index (χ1) is 14.2. The van der Waals surface area contributed by atoms with Gasteiger partial charge >= 0.3 is 0 Å². The van der Waals surface area contributed by atoms with Crippen LogP contribution in [-0.4, -0.2) is 30.3 Å². The molecule has 0 N–H and O–H groups in total. The van der Waals surface area contributed by atoms with Crippen molar-refractivity contribution in [2.24, 2.45) is 11.1 Å². The maximum Gasteiger partial charge on any atom is 0.209 e. The van der Waals surface area contributed by atoms with Crippen LogP contribution in [0, 0.1) is 10.8 Å². The fraction of sp³-hybridized carbons (Fsp3) is 0.560. The molecule has 5 nitrogen and oxygen atoms in total. The molecule has 0 fully saturated rings. The van der Waals surface area contributed by atoms with Gasteiger partial charge in [0.15, 0.2) is 5.78 Å². The zero-order chi connectivity index (χ0) is 21.9. The summed E-state index contributed by atoms with van der Waals surface area (Å²) in [6, 6.07) is 0. The summed E-state index contributed by atoms with van der Waals surface area (Å²) < 4.78 is 12.9. The van der Waals surface area contributed by atoms with Crippen LogP contribution in [0.3, 0.4) is 0 Å². The van der Waals surface area contributed by atoms with E-state index in [0.29, 0.717) is 12.0 Å². The molecule has 3 rings (SSSR count). The van der Waals surface area contributed by atoms with Crippen molar-refractivity contribution < 1.29 is 14.3 Å². The van der Waals surface area contributed by atoms with Gasteiger partial charge in [-0.25, -0.2) is 0 Å². The van der Waals surface area contributed by atoms with E-state index in [-0.39, 0.29) is 30.5 Å². The summed E-state index contributed by atoms with van der Waals surface area (Å²) in [5.74, 6) is -1.08. The van der Waals surface area contributed by atoms with E-state index in [2.05, 4.69) is 45.0 Å². The number of Topliss-reactive ketones (excluding diaryl/α,β-unsaturated/α-hetero) is 1. The van der Waals surface area contributed by atoms with Gasteiger partial charge in [0.05, 0.1) is 12.2 Å². The Kier molecular flexibility index (Phi) is 7.04. The van der Waals surface area contributed by atoms with Crippen LogP contribution in [0.15, 0.2) is 63.4 Å². The number of ether oxygens (including phenoxy) is 2. The lowest BCUT2D eigenvalue weighted by Gasteiger charge is -2.45. The van der Waals surface area contributed by atoms with Gasteiger partial charge in [-0.2, -0.15) is 4.91 Å². The normalized spacial score (nSPS) is 31.5.